The van der Waals surface area contributed by atoms with Gasteiger partial charge in [0.25, 0.3) is 5.69 Å². The Morgan fingerprint density at radius 3 is 2.95 bits per heavy atom. The number of nitrogens with one attached hydrogen (secondary N) is 2. The molecule has 0 aliphatic carbocycles. The molecule has 1 aromatic carbocycles. The van der Waals surface area contributed by atoms with E-state index in [4.69, 9.17) is 5.73 Å². The second-order valence-corrected chi connectivity index (χ2v) is 3.99. The monoisotopic (exact) mass is 262 g/mol. The summed E-state index contributed by atoms with van der Waals surface area (Å²) in [7, 11) is 0. The Labute approximate surface area is 109 Å². The molecule has 0 unspecified atom stereocenters. The van der Waals surface area contributed by atoms with E-state index in [2.05, 4.69) is 20.5 Å². The summed E-state index contributed by atoms with van der Waals surface area (Å²) in [5.74, 6) is 0.832. The van der Waals surface area contributed by atoms with Crippen molar-refractivity contribution >= 4 is 17.1 Å². The number of aromatic nitrogens is 3. The van der Waals surface area contributed by atoms with Crippen molar-refractivity contribution in [3.05, 3.63) is 40.5 Å². The van der Waals surface area contributed by atoms with Gasteiger partial charge in [0, 0.05) is 25.1 Å². The third-order valence-corrected chi connectivity index (χ3v) is 2.62. The third-order valence-electron chi connectivity index (χ3n) is 2.62. The van der Waals surface area contributed by atoms with Gasteiger partial charge >= 0.3 is 0 Å². The van der Waals surface area contributed by atoms with Gasteiger partial charge in [-0.3, -0.25) is 15.2 Å². The summed E-state index contributed by atoms with van der Waals surface area (Å²) in [4.78, 5) is 14.1. The number of rotatable bonds is 6. The molecule has 8 heteroatoms. The van der Waals surface area contributed by atoms with Crippen molar-refractivity contribution in [2.75, 3.05) is 17.6 Å². The van der Waals surface area contributed by atoms with Crippen LogP contribution in [-0.2, 0) is 6.42 Å². The first-order valence-corrected chi connectivity index (χ1v) is 5.79. The van der Waals surface area contributed by atoms with Gasteiger partial charge in [0.15, 0.2) is 0 Å². The van der Waals surface area contributed by atoms with E-state index in [-0.39, 0.29) is 5.69 Å². The van der Waals surface area contributed by atoms with Crippen molar-refractivity contribution in [1.29, 1.82) is 0 Å². The summed E-state index contributed by atoms with van der Waals surface area (Å²) in [6, 6.07) is 4.38. The van der Waals surface area contributed by atoms with Crippen LogP contribution in [0.4, 0.5) is 17.1 Å². The number of benzene rings is 1. The van der Waals surface area contributed by atoms with Crippen LogP contribution in [0.3, 0.4) is 0 Å². The summed E-state index contributed by atoms with van der Waals surface area (Å²) in [6.45, 7) is 0.697. The zero-order valence-corrected chi connectivity index (χ0v) is 10.2. The fraction of sp³-hybridized carbons (Fsp3) is 0.273. The van der Waals surface area contributed by atoms with Crippen LogP contribution in [0.15, 0.2) is 24.5 Å². The quantitative estimate of drug-likeness (QED) is 0.312. The Morgan fingerprint density at radius 1 is 1.47 bits per heavy atom. The van der Waals surface area contributed by atoms with Crippen molar-refractivity contribution in [2.45, 2.75) is 12.8 Å². The van der Waals surface area contributed by atoms with Gasteiger partial charge in [0.2, 0.25) is 0 Å². The molecule has 2 aromatic rings. The molecule has 0 aliphatic rings. The Kier molecular flexibility index (Phi) is 3.91. The summed E-state index contributed by atoms with van der Waals surface area (Å²) >= 11 is 0. The van der Waals surface area contributed by atoms with Crippen LogP contribution in [0, 0.1) is 10.1 Å². The highest BCUT2D eigenvalue weighted by atomic mass is 16.6. The summed E-state index contributed by atoms with van der Waals surface area (Å²) < 4.78 is 0. The minimum atomic E-state index is -0.468. The molecule has 0 spiro atoms. The van der Waals surface area contributed by atoms with E-state index < -0.39 is 4.92 Å². The van der Waals surface area contributed by atoms with Crippen molar-refractivity contribution in [3.8, 4) is 0 Å². The van der Waals surface area contributed by atoms with Crippen LogP contribution in [0.1, 0.15) is 12.2 Å². The topological polar surface area (TPSA) is 123 Å². The number of nitro benzene ring substituents is 1. The van der Waals surface area contributed by atoms with Gasteiger partial charge in [0.05, 0.1) is 16.3 Å². The first kappa shape index (κ1) is 12.8. The zero-order valence-electron chi connectivity index (χ0n) is 10.2. The normalized spacial score (nSPS) is 10.3. The molecule has 100 valence electrons. The van der Waals surface area contributed by atoms with Gasteiger partial charge in [-0.05, 0) is 12.5 Å². The van der Waals surface area contributed by atoms with Crippen molar-refractivity contribution in [2.24, 2.45) is 0 Å². The second-order valence-electron chi connectivity index (χ2n) is 3.99. The van der Waals surface area contributed by atoms with Crippen molar-refractivity contribution < 1.29 is 4.92 Å². The van der Waals surface area contributed by atoms with E-state index >= 15 is 0 Å². The maximum absolute atomic E-state index is 10.6. The number of hydrogen-bond donors (Lipinski definition) is 3. The Hall–Kier alpha value is -2.64. The molecule has 4 N–H and O–H groups in total. The SMILES string of the molecule is Nc1cc([N+](=O)[O-])ccc1NCCCc1ncn[nH]1. The Morgan fingerprint density at radius 2 is 2.32 bits per heavy atom. The van der Waals surface area contributed by atoms with Gasteiger partial charge in [-0.25, -0.2) is 4.98 Å². The molecule has 0 saturated heterocycles. The van der Waals surface area contributed by atoms with Crippen LogP contribution >= 0.6 is 0 Å². The largest absolute Gasteiger partial charge is 0.397 e. The molecule has 0 amide bonds. The third kappa shape index (κ3) is 3.41. The minimum Gasteiger partial charge on any atom is -0.397 e. The average molecular weight is 262 g/mol. The molecule has 0 bridgehead atoms. The second kappa shape index (κ2) is 5.80. The van der Waals surface area contributed by atoms with Crippen LogP contribution < -0.4 is 11.1 Å². The molecule has 0 fully saturated rings. The van der Waals surface area contributed by atoms with E-state index in [0.717, 1.165) is 18.7 Å². The molecule has 0 aliphatic heterocycles. The molecule has 1 heterocycles. The van der Waals surface area contributed by atoms with Crippen molar-refractivity contribution in [1.82, 2.24) is 15.2 Å². The van der Waals surface area contributed by atoms with Crippen LogP contribution in [0.2, 0.25) is 0 Å². The van der Waals surface area contributed by atoms with Crippen molar-refractivity contribution in [3.63, 3.8) is 0 Å². The lowest BCUT2D eigenvalue weighted by Crippen LogP contribution is -2.06. The maximum Gasteiger partial charge on any atom is 0.271 e. The van der Waals surface area contributed by atoms with Gasteiger partial charge in [0.1, 0.15) is 12.2 Å². The lowest BCUT2D eigenvalue weighted by atomic mass is 10.2. The highest BCUT2D eigenvalue weighted by Crippen LogP contribution is 2.23. The number of nitrogens with zero attached hydrogens (tertiary/aromatic N) is 3. The molecule has 2 rings (SSSR count). The van der Waals surface area contributed by atoms with E-state index in [1.807, 2.05) is 0 Å². The maximum atomic E-state index is 10.6. The van der Waals surface area contributed by atoms with Gasteiger partial charge < -0.3 is 11.1 Å². The lowest BCUT2D eigenvalue weighted by Gasteiger charge is -2.08. The van der Waals surface area contributed by atoms with E-state index in [9.17, 15) is 10.1 Å². The molecule has 8 nitrogen and oxygen atoms in total. The lowest BCUT2D eigenvalue weighted by molar-refractivity contribution is -0.384. The Balaban J connectivity index is 1.84. The fourth-order valence-electron chi connectivity index (χ4n) is 1.65. The zero-order chi connectivity index (χ0) is 13.7. The molecule has 0 radical (unpaired) electrons. The molecule has 19 heavy (non-hydrogen) atoms. The average Bonchev–Trinajstić information content (AvgIpc) is 2.89. The predicted octanol–water partition coefficient (Wildman–Crippen LogP) is 1.34. The number of H-pyrrole nitrogens is 1. The summed E-state index contributed by atoms with van der Waals surface area (Å²) in [5.41, 5.74) is 6.80. The fourth-order valence-corrected chi connectivity index (χ4v) is 1.65. The van der Waals surface area contributed by atoms with E-state index in [1.54, 1.807) is 6.07 Å². The summed E-state index contributed by atoms with van der Waals surface area (Å²) in [6.07, 6.45) is 3.10. The van der Waals surface area contributed by atoms with Crippen LogP contribution in [0.25, 0.3) is 0 Å². The number of nitro groups is 1. The number of hydrogen-bond acceptors (Lipinski definition) is 6. The highest BCUT2D eigenvalue weighted by molar-refractivity contribution is 5.69. The van der Waals surface area contributed by atoms with E-state index in [1.165, 1.54) is 18.5 Å². The number of non-ortho nitro benzene ring substituents is 1. The first-order valence-electron chi connectivity index (χ1n) is 5.79. The summed E-state index contributed by atoms with van der Waals surface area (Å²) in [5, 5.41) is 20.2. The first-order chi connectivity index (χ1) is 9.16. The molecule has 1 aromatic heterocycles. The minimum absolute atomic E-state index is 0.00953. The smallest absolute Gasteiger partial charge is 0.271 e. The van der Waals surface area contributed by atoms with Crippen LogP contribution in [0.5, 0.6) is 0 Å². The number of anilines is 2. The molecular weight excluding hydrogens is 248 g/mol. The van der Waals surface area contributed by atoms with Crippen LogP contribution in [-0.4, -0.2) is 26.6 Å². The Bertz CT molecular complexity index is 554. The number of nitrogens with two attached hydrogens (primary N) is 1. The standard InChI is InChI=1S/C11H14N6O2/c12-9-6-8(17(18)19)3-4-10(9)13-5-1-2-11-14-7-15-16-11/h3-4,6-7,13H,1-2,5,12H2,(H,14,15,16). The van der Waals surface area contributed by atoms with E-state index in [0.29, 0.717) is 17.9 Å². The number of aromatic amines is 1. The molecular formula is C11H14N6O2. The highest BCUT2D eigenvalue weighted by Gasteiger charge is 2.08. The van der Waals surface area contributed by atoms with Gasteiger partial charge in [-0.1, -0.05) is 0 Å². The van der Waals surface area contributed by atoms with Gasteiger partial charge in [-0.15, -0.1) is 0 Å². The molecule has 0 saturated carbocycles. The molecule has 0 atom stereocenters. The predicted molar refractivity (Wildman–Crippen MR) is 70.7 cm³/mol. The van der Waals surface area contributed by atoms with Gasteiger partial charge in [-0.2, -0.15) is 5.10 Å². The number of aryl methyl sites for hydroxylation is 1. The number of nitrogen functional groups attached to an aromatic ring is 1.